The van der Waals surface area contributed by atoms with Crippen LogP contribution >= 0.6 is 0 Å². The van der Waals surface area contributed by atoms with E-state index in [1.54, 1.807) is 25.3 Å². The summed E-state index contributed by atoms with van der Waals surface area (Å²) < 4.78 is 5.21. The van der Waals surface area contributed by atoms with Crippen molar-refractivity contribution in [2.75, 3.05) is 7.11 Å². The third kappa shape index (κ3) is 2.49. The van der Waals surface area contributed by atoms with Gasteiger partial charge in [-0.1, -0.05) is 13.8 Å². The molecule has 1 unspecified atom stereocenters. The zero-order valence-electron chi connectivity index (χ0n) is 9.28. The number of carbonyl (C=O) groups is 1. The lowest BCUT2D eigenvalue weighted by Crippen LogP contribution is -2.02. The molecule has 3 heteroatoms. The lowest BCUT2D eigenvalue weighted by molar-refractivity contribution is 0.0696. The Morgan fingerprint density at radius 1 is 1.53 bits per heavy atom. The minimum absolute atomic E-state index is 0.305. The van der Waals surface area contributed by atoms with Crippen LogP contribution in [0.15, 0.2) is 18.2 Å². The molecule has 0 aromatic heterocycles. The zero-order valence-corrected chi connectivity index (χ0v) is 9.28. The van der Waals surface area contributed by atoms with Gasteiger partial charge in [-0.05, 0) is 36.1 Å². The van der Waals surface area contributed by atoms with Gasteiger partial charge >= 0.3 is 5.97 Å². The first-order chi connectivity index (χ1) is 7.10. The summed E-state index contributed by atoms with van der Waals surface area (Å²) in [5, 5.41) is 8.89. The minimum atomic E-state index is -0.901. The van der Waals surface area contributed by atoms with E-state index >= 15 is 0 Å². The van der Waals surface area contributed by atoms with Gasteiger partial charge in [-0.2, -0.15) is 0 Å². The van der Waals surface area contributed by atoms with Crippen LogP contribution in [0.3, 0.4) is 0 Å². The molecule has 1 N–H and O–H groups in total. The molecular formula is C12H16O3. The van der Waals surface area contributed by atoms with Crippen LogP contribution in [0.5, 0.6) is 5.75 Å². The second kappa shape index (κ2) is 4.82. The first-order valence-electron chi connectivity index (χ1n) is 5.01. The molecule has 1 aromatic rings. The first-order valence-corrected chi connectivity index (χ1v) is 5.01. The van der Waals surface area contributed by atoms with Crippen molar-refractivity contribution in [1.82, 2.24) is 0 Å². The first kappa shape index (κ1) is 11.6. The molecule has 0 fully saturated rings. The van der Waals surface area contributed by atoms with Crippen molar-refractivity contribution >= 4 is 5.97 Å². The van der Waals surface area contributed by atoms with Crippen LogP contribution in [0, 0.1) is 0 Å². The maximum atomic E-state index is 10.8. The van der Waals surface area contributed by atoms with Crippen molar-refractivity contribution in [1.29, 1.82) is 0 Å². The highest BCUT2D eigenvalue weighted by Gasteiger charge is 2.13. The molecule has 0 saturated carbocycles. The normalized spacial score (nSPS) is 12.2. The molecular weight excluding hydrogens is 192 g/mol. The van der Waals surface area contributed by atoms with Crippen molar-refractivity contribution in [3.8, 4) is 5.75 Å². The molecule has 0 saturated heterocycles. The topological polar surface area (TPSA) is 46.5 Å². The number of ether oxygens (including phenoxy) is 1. The van der Waals surface area contributed by atoms with E-state index in [0.717, 1.165) is 17.7 Å². The van der Waals surface area contributed by atoms with Gasteiger partial charge in [-0.3, -0.25) is 0 Å². The second-order valence-electron chi connectivity index (χ2n) is 3.57. The molecule has 0 radical (unpaired) electrons. The van der Waals surface area contributed by atoms with E-state index in [1.165, 1.54) is 0 Å². The number of hydrogen-bond donors (Lipinski definition) is 1. The predicted octanol–water partition coefficient (Wildman–Crippen LogP) is 2.91. The van der Waals surface area contributed by atoms with Gasteiger partial charge in [0.05, 0.1) is 12.7 Å². The van der Waals surface area contributed by atoms with E-state index in [4.69, 9.17) is 9.84 Å². The number of carboxylic acid groups (broad SMARTS) is 1. The highest BCUT2D eigenvalue weighted by Crippen LogP contribution is 2.29. The molecule has 1 aromatic carbocycles. The van der Waals surface area contributed by atoms with Gasteiger partial charge in [-0.15, -0.1) is 0 Å². The van der Waals surface area contributed by atoms with Crippen molar-refractivity contribution in [3.63, 3.8) is 0 Å². The number of carboxylic acids is 1. The van der Waals surface area contributed by atoms with Gasteiger partial charge in [0, 0.05) is 0 Å². The maximum absolute atomic E-state index is 10.8. The van der Waals surface area contributed by atoms with Crippen LogP contribution in [0.1, 0.15) is 42.1 Å². The van der Waals surface area contributed by atoms with Crippen LogP contribution in [-0.4, -0.2) is 18.2 Å². The molecule has 15 heavy (non-hydrogen) atoms. The van der Waals surface area contributed by atoms with Gasteiger partial charge in [0.25, 0.3) is 0 Å². The monoisotopic (exact) mass is 208 g/mol. The molecule has 0 aliphatic carbocycles. The number of hydrogen-bond acceptors (Lipinski definition) is 2. The summed E-state index contributed by atoms with van der Waals surface area (Å²) in [5.41, 5.74) is 1.27. The van der Waals surface area contributed by atoms with Crippen molar-refractivity contribution < 1.29 is 14.6 Å². The Morgan fingerprint density at radius 2 is 2.20 bits per heavy atom. The molecule has 0 aliphatic rings. The number of benzene rings is 1. The maximum Gasteiger partial charge on any atom is 0.335 e. The van der Waals surface area contributed by atoms with E-state index in [-0.39, 0.29) is 0 Å². The second-order valence-corrected chi connectivity index (χ2v) is 3.57. The molecule has 0 heterocycles. The Hall–Kier alpha value is -1.51. The SMILES string of the molecule is CCC(C)c1cc(C(=O)O)ccc1OC. The average molecular weight is 208 g/mol. The van der Waals surface area contributed by atoms with Gasteiger partial charge < -0.3 is 9.84 Å². The molecule has 0 bridgehead atoms. The van der Waals surface area contributed by atoms with Crippen LogP contribution < -0.4 is 4.74 Å². The van der Waals surface area contributed by atoms with Gasteiger partial charge in [0.2, 0.25) is 0 Å². The van der Waals surface area contributed by atoms with Crippen molar-refractivity contribution in [3.05, 3.63) is 29.3 Å². The Morgan fingerprint density at radius 3 is 2.67 bits per heavy atom. The quantitative estimate of drug-likeness (QED) is 0.827. The Kier molecular flexibility index (Phi) is 3.72. The third-order valence-corrected chi connectivity index (χ3v) is 2.62. The smallest absolute Gasteiger partial charge is 0.335 e. The average Bonchev–Trinajstić information content (AvgIpc) is 2.27. The van der Waals surface area contributed by atoms with Gasteiger partial charge in [0.15, 0.2) is 0 Å². The van der Waals surface area contributed by atoms with Crippen LogP contribution in [0.2, 0.25) is 0 Å². The van der Waals surface area contributed by atoms with Crippen LogP contribution in [-0.2, 0) is 0 Å². The molecule has 0 amide bonds. The molecule has 0 spiro atoms. The Balaban J connectivity index is 3.18. The third-order valence-electron chi connectivity index (χ3n) is 2.62. The number of rotatable bonds is 4. The summed E-state index contributed by atoms with van der Waals surface area (Å²) in [5.74, 6) is 0.163. The predicted molar refractivity (Wildman–Crippen MR) is 58.7 cm³/mol. The minimum Gasteiger partial charge on any atom is -0.496 e. The zero-order chi connectivity index (χ0) is 11.4. The summed E-state index contributed by atoms with van der Waals surface area (Å²) in [6.07, 6.45) is 0.958. The summed E-state index contributed by atoms with van der Waals surface area (Å²) in [4.78, 5) is 10.8. The fourth-order valence-corrected chi connectivity index (χ4v) is 1.47. The molecule has 0 aliphatic heterocycles. The summed E-state index contributed by atoms with van der Waals surface area (Å²) in [6.45, 7) is 4.13. The van der Waals surface area contributed by atoms with Crippen LogP contribution in [0.25, 0.3) is 0 Å². The summed E-state index contributed by atoms with van der Waals surface area (Å²) >= 11 is 0. The Bertz CT molecular complexity index is 358. The Labute approximate surface area is 89.7 Å². The highest BCUT2D eigenvalue weighted by molar-refractivity contribution is 5.88. The van der Waals surface area contributed by atoms with E-state index < -0.39 is 5.97 Å². The number of methoxy groups -OCH3 is 1. The van der Waals surface area contributed by atoms with Gasteiger partial charge in [0.1, 0.15) is 5.75 Å². The van der Waals surface area contributed by atoms with Crippen LogP contribution in [0.4, 0.5) is 0 Å². The molecule has 1 atom stereocenters. The van der Waals surface area contributed by atoms with Crippen molar-refractivity contribution in [2.45, 2.75) is 26.2 Å². The lowest BCUT2D eigenvalue weighted by Gasteiger charge is -2.14. The van der Waals surface area contributed by atoms with E-state index in [1.807, 2.05) is 0 Å². The number of aromatic carboxylic acids is 1. The summed E-state index contributed by atoms with van der Waals surface area (Å²) in [7, 11) is 1.60. The largest absolute Gasteiger partial charge is 0.496 e. The molecule has 3 nitrogen and oxygen atoms in total. The highest BCUT2D eigenvalue weighted by atomic mass is 16.5. The molecule has 82 valence electrons. The lowest BCUT2D eigenvalue weighted by atomic mass is 9.96. The fourth-order valence-electron chi connectivity index (χ4n) is 1.47. The molecule has 1 rings (SSSR count). The van der Waals surface area contributed by atoms with E-state index in [2.05, 4.69) is 13.8 Å². The summed E-state index contributed by atoms with van der Waals surface area (Å²) in [6, 6.07) is 4.97. The van der Waals surface area contributed by atoms with Gasteiger partial charge in [-0.25, -0.2) is 4.79 Å². The van der Waals surface area contributed by atoms with Crippen molar-refractivity contribution in [2.24, 2.45) is 0 Å². The van der Waals surface area contributed by atoms with E-state index in [0.29, 0.717) is 11.5 Å². The fraction of sp³-hybridized carbons (Fsp3) is 0.417. The standard InChI is InChI=1S/C12H16O3/c1-4-8(2)10-7-9(12(13)14)5-6-11(10)15-3/h5-8H,4H2,1-3H3,(H,13,14). The van der Waals surface area contributed by atoms with E-state index in [9.17, 15) is 4.79 Å².